The molecule has 0 aromatic heterocycles. The summed E-state index contributed by atoms with van der Waals surface area (Å²) >= 11 is 0. The van der Waals surface area contributed by atoms with Crippen LogP contribution in [0.5, 0.6) is 0 Å². The third kappa shape index (κ3) is 5.98. The highest BCUT2D eigenvalue weighted by Gasteiger charge is 2.34. The summed E-state index contributed by atoms with van der Waals surface area (Å²) in [5.74, 6) is -3.38. The SMILES string of the molecule is CC(OC(=O)C1CCN(S(=O)(=O)c2ccc(C(C)C)cc2)CC1)C(=O)Nc1ccc(F)cc1F. The molecule has 1 N–H and O–H groups in total. The first-order valence-corrected chi connectivity index (χ1v) is 12.5. The average molecular weight is 495 g/mol. The minimum absolute atomic E-state index is 0.148. The van der Waals surface area contributed by atoms with E-state index in [4.69, 9.17) is 4.74 Å². The Labute approximate surface area is 198 Å². The largest absolute Gasteiger partial charge is 0.452 e. The van der Waals surface area contributed by atoms with E-state index in [-0.39, 0.29) is 42.4 Å². The first-order chi connectivity index (χ1) is 16.0. The average Bonchev–Trinajstić information content (AvgIpc) is 2.80. The van der Waals surface area contributed by atoms with Gasteiger partial charge >= 0.3 is 5.97 Å². The highest BCUT2D eigenvalue weighted by Crippen LogP contribution is 2.26. The van der Waals surface area contributed by atoms with Crippen LogP contribution in [-0.4, -0.2) is 43.8 Å². The molecule has 1 unspecified atom stereocenters. The quantitative estimate of drug-likeness (QED) is 0.586. The minimum Gasteiger partial charge on any atom is -0.452 e. The van der Waals surface area contributed by atoms with Crippen LogP contribution in [0.3, 0.4) is 0 Å². The van der Waals surface area contributed by atoms with Gasteiger partial charge in [0.25, 0.3) is 5.91 Å². The molecule has 34 heavy (non-hydrogen) atoms. The molecule has 0 spiro atoms. The molecule has 0 saturated carbocycles. The summed E-state index contributed by atoms with van der Waals surface area (Å²) in [4.78, 5) is 25.0. The topological polar surface area (TPSA) is 92.8 Å². The van der Waals surface area contributed by atoms with Crippen molar-refractivity contribution in [3.8, 4) is 0 Å². The Balaban J connectivity index is 1.54. The fourth-order valence-corrected chi connectivity index (χ4v) is 5.12. The Hall–Kier alpha value is -2.85. The number of esters is 1. The van der Waals surface area contributed by atoms with Gasteiger partial charge in [-0.1, -0.05) is 26.0 Å². The van der Waals surface area contributed by atoms with Gasteiger partial charge in [0.05, 0.1) is 16.5 Å². The number of carbonyl (C=O) groups is 2. The van der Waals surface area contributed by atoms with Gasteiger partial charge in [0.15, 0.2) is 6.10 Å². The molecule has 0 aliphatic carbocycles. The minimum atomic E-state index is -3.68. The number of carbonyl (C=O) groups excluding carboxylic acids is 2. The molecule has 1 aliphatic heterocycles. The van der Waals surface area contributed by atoms with Gasteiger partial charge in [0, 0.05) is 19.2 Å². The first-order valence-electron chi connectivity index (χ1n) is 11.1. The summed E-state index contributed by atoms with van der Waals surface area (Å²) < 4.78 is 59.2. The van der Waals surface area contributed by atoms with E-state index in [0.29, 0.717) is 6.07 Å². The lowest BCUT2D eigenvalue weighted by molar-refractivity contribution is -0.158. The van der Waals surface area contributed by atoms with Crippen molar-refractivity contribution in [2.24, 2.45) is 5.92 Å². The fourth-order valence-electron chi connectivity index (χ4n) is 3.65. The predicted molar refractivity (Wildman–Crippen MR) is 123 cm³/mol. The van der Waals surface area contributed by atoms with Gasteiger partial charge in [-0.15, -0.1) is 0 Å². The van der Waals surface area contributed by atoms with Crippen molar-refractivity contribution in [1.82, 2.24) is 4.31 Å². The van der Waals surface area contributed by atoms with Crippen LogP contribution >= 0.6 is 0 Å². The number of anilines is 1. The smallest absolute Gasteiger partial charge is 0.309 e. The third-order valence-electron chi connectivity index (χ3n) is 5.82. The van der Waals surface area contributed by atoms with Gasteiger partial charge in [-0.05, 0) is 55.5 Å². The van der Waals surface area contributed by atoms with Crippen LogP contribution in [0.15, 0.2) is 47.4 Å². The van der Waals surface area contributed by atoms with E-state index in [1.165, 1.54) is 11.2 Å². The Morgan fingerprint density at radius 3 is 2.21 bits per heavy atom. The molecule has 7 nitrogen and oxygen atoms in total. The number of rotatable bonds is 7. The summed E-state index contributed by atoms with van der Waals surface area (Å²) in [6.45, 7) is 5.69. The molecule has 1 atom stereocenters. The van der Waals surface area contributed by atoms with Crippen molar-refractivity contribution in [2.45, 2.75) is 50.5 Å². The van der Waals surface area contributed by atoms with Crippen molar-refractivity contribution >= 4 is 27.6 Å². The Morgan fingerprint density at radius 1 is 1.03 bits per heavy atom. The molecule has 184 valence electrons. The number of sulfonamides is 1. The summed E-state index contributed by atoms with van der Waals surface area (Å²) in [7, 11) is -3.68. The lowest BCUT2D eigenvalue weighted by Gasteiger charge is -2.30. The second-order valence-electron chi connectivity index (χ2n) is 8.59. The van der Waals surface area contributed by atoms with Gasteiger partial charge in [-0.2, -0.15) is 4.31 Å². The van der Waals surface area contributed by atoms with E-state index in [1.807, 2.05) is 13.8 Å². The number of hydrogen-bond acceptors (Lipinski definition) is 5. The zero-order chi connectivity index (χ0) is 25.0. The van der Waals surface area contributed by atoms with Crippen LogP contribution in [0.4, 0.5) is 14.5 Å². The molecule has 1 saturated heterocycles. The number of piperidine rings is 1. The number of hydrogen-bond donors (Lipinski definition) is 1. The van der Waals surface area contributed by atoms with Crippen molar-refractivity contribution < 1.29 is 31.5 Å². The van der Waals surface area contributed by atoms with Crippen molar-refractivity contribution in [3.63, 3.8) is 0 Å². The molecular weight excluding hydrogens is 466 g/mol. The van der Waals surface area contributed by atoms with Crippen LogP contribution < -0.4 is 5.32 Å². The number of amides is 1. The van der Waals surface area contributed by atoms with Crippen molar-refractivity contribution in [2.75, 3.05) is 18.4 Å². The summed E-state index contributed by atoms with van der Waals surface area (Å²) in [5, 5.41) is 2.26. The Kier molecular flexibility index (Phi) is 8.04. The van der Waals surface area contributed by atoms with Crippen LogP contribution in [-0.2, 0) is 24.3 Å². The Morgan fingerprint density at radius 2 is 1.65 bits per heavy atom. The lowest BCUT2D eigenvalue weighted by atomic mass is 9.98. The molecule has 2 aromatic carbocycles. The number of nitrogens with zero attached hydrogens (tertiary/aromatic N) is 1. The molecule has 1 heterocycles. The molecule has 1 aliphatic rings. The monoisotopic (exact) mass is 494 g/mol. The van der Waals surface area contributed by atoms with E-state index in [1.54, 1.807) is 24.3 Å². The number of nitrogens with one attached hydrogen (secondary N) is 1. The summed E-state index contributed by atoms with van der Waals surface area (Å²) in [6, 6.07) is 9.48. The summed E-state index contributed by atoms with van der Waals surface area (Å²) in [5.41, 5.74) is 0.815. The zero-order valence-corrected chi connectivity index (χ0v) is 20.1. The molecule has 3 rings (SSSR count). The van der Waals surface area contributed by atoms with E-state index < -0.39 is 45.6 Å². The van der Waals surface area contributed by atoms with Crippen LogP contribution in [0.2, 0.25) is 0 Å². The number of ether oxygens (including phenoxy) is 1. The van der Waals surface area contributed by atoms with E-state index >= 15 is 0 Å². The number of halogens is 2. The standard InChI is InChI=1S/C24H28F2N2O5S/c1-15(2)17-4-7-20(8-5-17)34(31,32)28-12-10-18(11-13-28)24(30)33-16(3)23(29)27-22-9-6-19(25)14-21(22)26/h4-9,14-16,18H,10-13H2,1-3H3,(H,27,29). The molecule has 1 amide bonds. The Bertz CT molecular complexity index is 1140. The molecular formula is C24H28F2N2O5S. The van der Waals surface area contributed by atoms with E-state index in [0.717, 1.165) is 17.7 Å². The second-order valence-corrected chi connectivity index (χ2v) is 10.5. The second kappa shape index (κ2) is 10.6. The molecule has 1 fully saturated rings. The van der Waals surface area contributed by atoms with Crippen molar-refractivity contribution in [1.29, 1.82) is 0 Å². The van der Waals surface area contributed by atoms with Crippen molar-refractivity contribution in [3.05, 3.63) is 59.7 Å². The molecule has 10 heteroatoms. The highest BCUT2D eigenvalue weighted by molar-refractivity contribution is 7.89. The third-order valence-corrected chi connectivity index (χ3v) is 7.74. The normalized spacial score (nSPS) is 16.3. The first kappa shape index (κ1) is 25.8. The van der Waals surface area contributed by atoms with Gasteiger partial charge in [0.2, 0.25) is 10.0 Å². The van der Waals surface area contributed by atoms with Crippen LogP contribution in [0.1, 0.15) is 45.1 Å². The lowest BCUT2D eigenvalue weighted by Crippen LogP contribution is -2.41. The van der Waals surface area contributed by atoms with E-state index in [2.05, 4.69) is 5.32 Å². The van der Waals surface area contributed by atoms with Crippen LogP contribution in [0.25, 0.3) is 0 Å². The molecule has 0 bridgehead atoms. The maximum atomic E-state index is 13.7. The maximum absolute atomic E-state index is 13.7. The fraction of sp³-hybridized carbons (Fsp3) is 0.417. The number of benzene rings is 2. The van der Waals surface area contributed by atoms with Gasteiger partial charge < -0.3 is 10.1 Å². The predicted octanol–water partition coefficient (Wildman–Crippen LogP) is 4.06. The summed E-state index contributed by atoms with van der Waals surface area (Å²) in [6.07, 6.45) is -0.704. The van der Waals surface area contributed by atoms with Gasteiger partial charge in [-0.25, -0.2) is 17.2 Å². The highest BCUT2D eigenvalue weighted by atomic mass is 32.2. The molecule has 0 radical (unpaired) electrons. The zero-order valence-electron chi connectivity index (χ0n) is 19.3. The van der Waals surface area contributed by atoms with E-state index in [9.17, 15) is 26.8 Å². The van der Waals surface area contributed by atoms with Gasteiger partial charge in [0.1, 0.15) is 11.6 Å². The van der Waals surface area contributed by atoms with Crippen LogP contribution in [0, 0.1) is 17.6 Å². The maximum Gasteiger partial charge on any atom is 0.309 e. The van der Waals surface area contributed by atoms with Gasteiger partial charge in [-0.3, -0.25) is 9.59 Å². The molecule has 2 aromatic rings.